The lowest BCUT2D eigenvalue weighted by molar-refractivity contribution is -0.100. The van der Waals surface area contributed by atoms with E-state index in [1.807, 2.05) is 0 Å². The molecule has 2 aliphatic rings. The molecule has 3 rings (SSSR count). The van der Waals surface area contributed by atoms with E-state index < -0.39 is 10.0 Å². The number of hydrogen-bond acceptors (Lipinski definition) is 5. The molecule has 1 aromatic carbocycles. The van der Waals surface area contributed by atoms with Crippen molar-refractivity contribution >= 4 is 15.9 Å². The Labute approximate surface area is 148 Å². The van der Waals surface area contributed by atoms with Gasteiger partial charge in [-0.15, -0.1) is 0 Å². The number of ether oxygens (including phenoxy) is 2. The zero-order valence-electron chi connectivity index (χ0n) is 14.3. The number of hydrogen-bond donors (Lipinski definition) is 1. The molecule has 0 unspecified atom stereocenters. The van der Waals surface area contributed by atoms with Gasteiger partial charge in [-0.05, 0) is 43.5 Å². The zero-order chi connectivity index (χ0) is 17.9. The summed E-state index contributed by atoms with van der Waals surface area (Å²) >= 11 is 0. The monoisotopic (exact) mass is 368 g/mol. The first-order valence-corrected chi connectivity index (χ1v) is 10.1. The highest BCUT2D eigenvalue weighted by Gasteiger charge is 2.36. The molecule has 2 fully saturated rings. The van der Waals surface area contributed by atoms with Crippen molar-refractivity contribution in [2.45, 2.75) is 43.4 Å². The van der Waals surface area contributed by atoms with Crippen LogP contribution < -0.4 is 4.72 Å². The molecular formula is C17H24N2O5S. The molecule has 7 nitrogen and oxygen atoms in total. The average molecular weight is 368 g/mol. The number of likely N-dealkylation sites (tertiary alicyclic amines) is 1. The standard InChI is InChI=1S/C17H24N2O5S/c1-2-18-25(21,22)14-8-6-13(7-9-14)16(20)19-10-4-3-5-15(19)17-23-11-12-24-17/h6-9,15,17-18H,2-5,10-12H2,1H3/t15-/m0/s1. The van der Waals surface area contributed by atoms with E-state index in [1.54, 1.807) is 24.0 Å². The Bertz CT molecular complexity index is 698. The Balaban J connectivity index is 1.77. The van der Waals surface area contributed by atoms with Crippen molar-refractivity contribution in [2.75, 3.05) is 26.3 Å². The fourth-order valence-corrected chi connectivity index (χ4v) is 4.35. The molecule has 2 saturated heterocycles. The molecule has 0 radical (unpaired) electrons. The summed E-state index contributed by atoms with van der Waals surface area (Å²) in [6.07, 6.45) is 2.47. The maximum Gasteiger partial charge on any atom is 0.254 e. The summed E-state index contributed by atoms with van der Waals surface area (Å²) in [6.45, 7) is 3.81. The van der Waals surface area contributed by atoms with Gasteiger partial charge in [0.15, 0.2) is 6.29 Å². The van der Waals surface area contributed by atoms with E-state index in [9.17, 15) is 13.2 Å². The first kappa shape index (κ1) is 18.3. The fourth-order valence-electron chi connectivity index (χ4n) is 3.31. The minimum atomic E-state index is -3.52. The number of nitrogens with one attached hydrogen (secondary N) is 1. The van der Waals surface area contributed by atoms with Gasteiger partial charge in [0.1, 0.15) is 0 Å². The molecule has 1 amide bonds. The van der Waals surface area contributed by atoms with Crippen molar-refractivity contribution in [1.29, 1.82) is 0 Å². The molecule has 2 aliphatic heterocycles. The van der Waals surface area contributed by atoms with Crippen LogP contribution in [0.5, 0.6) is 0 Å². The first-order chi connectivity index (χ1) is 12.0. The molecule has 2 heterocycles. The lowest BCUT2D eigenvalue weighted by Gasteiger charge is -2.38. The molecule has 138 valence electrons. The lowest BCUT2D eigenvalue weighted by Crippen LogP contribution is -2.50. The van der Waals surface area contributed by atoms with Gasteiger partial charge < -0.3 is 14.4 Å². The van der Waals surface area contributed by atoms with Gasteiger partial charge in [0, 0.05) is 18.7 Å². The highest BCUT2D eigenvalue weighted by atomic mass is 32.2. The second-order valence-electron chi connectivity index (χ2n) is 6.20. The zero-order valence-corrected chi connectivity index (χ0v) is 15.1. The van der Waals surface area contributed by atoms with E-state index in [0.29, 0.717) is 31.9 Å². The quantitative estimate of drug-likeness (QED) is 0.848. The third-order valence-corrected chi connectivity index (χ3v) is 6.08. The molecular weight excluding hydrogens is 344 g/mol. The van der Waals surface area contributed by atoms with E-state index in [4.69, 9.17) is 9.47 Å². The summed E-state index contributed by atoms with van der Waals surface area (Å²) in [5, 5.41) is 0. The molecule has 25 heavy (non-hydrogen) atoms. The number of nitrogens with zero attached hydrogens (tertiary/aromatic N) is 1. The van der Waals surface area contributed by atoms with Crippen LogP contribution in [0.2, 0.25) is 0 Å². The van der Waals surface area contributed by atoms with Crippen molar-refractivity contribution in [3.63, 3.8) is 0 Å². The number of carbonyl (C=O) groups excluding carboxylic acids is 1. The predicted octanol–water partition coefficient (Wildman–Crippen LogP) is 1.35. The Hall–Kier alpha value is -1.48. The van der Waals surface area contributed by atoms with Crippen LogP contribution in [0.4, 0.5) is 0 Å². The Morgan fingerprint density at radius 2 is 1.88 bits per heavy atom. The van der Waals surface area contributed by atoms with Crippen LogP contribution in [0.15, 0.2) is 29.2 Å². The average Bonchev–Trinajstić information content (AvgIpc) is 3.16. The van der Waals surface area contributed by atoms with Crippen LogP contribution in [-0.2, 0) is 19.5 Å². The highest BCUT2D eigenvalue weighted by Crippen LogP contribution is 2.26. The summed E-state index contributed by atoms with van der Waals surface area (Å²) in [4.78, 5) is 14.9. The molecule has 0 bridgehead atoms. The van der Waals surface area contributed by atoms with Crippen molar-refractivity contribution in [1.82, 2.24) is 9.62 Å². The summed E-state index contributed by atoms with van der Waals surface area (Å²) in [7, 11) is -3.52. The van der Waals surface area contributed by atoms with E-state index in [1.165, 1.54) is 12.1 Å². The molecule has 8 heteroatoms. The van der Waals surface area contributed by atoms with Gasteiger partial charge >= 0.3 is 0 Å². The van der Waals surface area contributed by atoms with Crippen molar-refractivity contribution in [2.24, 2.45) is 0 Å². The van der Waals surface area contributed by atoms with Crippen LogP contribution in [-0.4, -0.2) is 57.9 Å². The van der Waals surface area contributed by atoms with Crippen molar-refractivity contribution in [3.05, 3.63) is 29.8 Å². The van der Waals surface area contributed by atoms with Crippen LogP contribution >= 0.6 is 0 Å². The van der Waals surface area contributed by atoms with Crippen LogP contribution in [0.3, 0.4) is 0 Å². The number of piperidine rings is 1. The summed E-state index contributed by atoms with van der Waals surface area (Å²) in [5.74, 6) is -0.115. The Kier molecular flexibility index (Phi) is 5.73. The van der Waals surface area contributed by atoms with Gasteiger partial charge in [0.25, 0.3) is 5.91 Å². The molecule has 0 aliphatic carbocycles. The van der Waals surface area contributed by atoms with Gasteiger partial charge in [-0.2, -0.15) is 0 Å². The number of rotatable bonds is 5. The Morgan fingerprint density at radius 1 is 1.20 bits per heavy atom. The molecule has 0 spiro atoms. The molecule has 1 atom stereocenters. The number of sulfonamides is 1. The second-order valence-corrected chi connectivity index (χ2v) is 7.96. The van der Waals surface area contributed by atoms with Crippen LogP contribution in [0.1, 0.15) is 36.5 Å². The molecule has 1 N–H and O–H groups in total. The minimum Gasteiger partial charge on any atom is -0.348 e. The fraction of sp³-hybridized carbons (Fsp3) is 0.588. The van der Waals surface area contributed by atoms with E-state index in [-0.39, 0.29) is 23.1 Å². The topological polar surface area (TPSA) is 84.9 Å². The van der Waals surface area contributed by atoms with Gasteiger partial charge in [-0.25, -0.2) is 13.1 Å². The van der Waals surface area contributed by atoms with Crippen molar-refractivity contribution < 1.29 is 22.7 Å². The van der Waals surface area contributed by atoms with E-state index >= 15 is 0 Å². The lowest BCUT2D eigenvalue weighted by atomic mass is 10.00. The smallest absolute Gasteiger partial charge is 0.254 e. The highest BCUT2D eigenvalue weighted by molar-refractivity contribution is 7.89. The summed E-state index contributed by atoms with van der Waals surface area (Å²) in [6, 6.07) is 5.97. The molecule has 0 aromatic heterocycles. The summed E-state index contributed by atoms with van der Waals surface area (Å²) < 4.78 is 37.6. The largest absolute Gasteiger partial charge is 0.348 e. The Morgan fingerprint density at radius 3 is 2.52 bits per heavy atom. The van der Waals surface area contributed by atoms with Gasteiger partial charge in [0.2, 0.25) is 10.0 Å². The van der Waals surface area contributed by atoms with E-state index in [2.05, 4.69) is 4.72 Å². The van der Waals surface area contributed by atoms with E-state index in [0.717, 1.165) is 19.3 Å². The third-order valence-electron chi connectivity index (χ3n) is 4.52. The van der Waals surface area contributed by atoms with Gasteiger partial charge in [0.05, 0.1) is 24.2 Å². The number of carbonyl (C=O) groups is 1. The maximum absolute atomic E-state index is 12.9. The van der Waals surface area contributed by atoms with Gasteiger partial charge in [-0.3, -0.25) is 4.79 Å². The minimum absolute atomic E-state index is 0.0890. The third kappa shape index (κ3) is 4.03. The normalized spacial score (nSPS) is 22.3. The SMILES string of the molecule is CCNS(=O)(=O)c1ccc(C(=O)N2CCCC[C@H]2C2OCCO2)cc1. The van der Waals surface area contributed by atoms with Crippen LogP contribution in [0.25, 0.3) is 0 Å². The maximum atomic E-state index is 12.9. The summed E-state index contributed by atoms with van der Waals surface area (Å²) in [5.41, 5.74) is 0.473. The number of amides is 1. The molecule has 0 saturated carbocycles. The number of benzene rings is 1. The van der Waals surface area contributed by atoms with Gasteiger partial charge in [-0.1, -0.05) is 6.92 Å². The molecule has 1 aromatic rings. The van der Waals surface area contributed by atoms with Crippen LogP contribution in [0, 0.1) is 0 Å². The van der Waals surface area contributed by atoms with Crippen molar-refractivity contribution in [3.8, 4) is 0 Å². The first-order valence-electron chi connectivity index (χ1n) is 8.67. The predicted molar refractivity (Wildman–Crippen MR) is 91.7 cm³/mol. The second kappa shape index (κ2) is 7.82.